The highest BCUT2D eigenvalue weighted by Crippen LogP contribution is 2.14. The smallest absolute Gasteiger partial charge is 0.335 e. The molecule has 0 unspecified atom stereocenters. The standard InChI is InChI=1S/C21H22N4O6S/c1-2-3-6-13-25-20(27)17-8-5-4-7-16(17)18(23-25)19(26)22-24-32(30,31)15-11-9-14(10-12-15)21(28)29/h4-5,7-12,24H,2-3,6,13H2,1H3,(H,22,26)(H,28,29). The number of carbonyl (C=O) groups excluding carboxylic acids is 1. The fraction of sp³-hybridized carbons (Fsp3) is 0.238. The van der Waals surface area contributed by atoms with Gasteiger partial charge in [-0.3, -0.25) is 15.0 Å². The zero-order chi connectivity index (χ0) is 23.3. The number of aromatic carboxylic acids is 1. The zero-order valence-corrected chi connectivity index (χ0v) is 18.1. The number of hydrazine groups is 1. The van der Waals surface area contributed by atoms with Crippen LogP contribution in [-0.2, 0) is 16.6 Å². The van der Waals surface area contributed by atoms with Crippen molar-refractivity contribution in [3.8, 4) is 0 Å². The predicted molar refractivity (Wildman–Crippen MR) is 117 cm³/mol. The fourth-order valence-electron chi connectivity index (χ4n) is 3.07. The number of amides is 1. The van der Waals surface area contributed by atoms with Gasteiger partial charge in [-0.2, -0.15) is 5.10 Å². The molecule has 168 valence electrons. The predicted octanol–water partition coefficient (Wildman–Crippen LogP) is 1.91. The summed E-state index contributed by atoms with van der Waals surface area (Å²) < 4.78 is 26.1. The highest BCUT2D eigenvalue weighted by Gasteiger charge is 2.20. The van der Waals surface area contributed by atoms with Crippen LogP contribution in [-0.4, -0.2) is 35.2 Å². The maximum Gasteiger partial charge on any atom is 0.335 e. The number of carboxylic acid groups (broad SMARTS) is 1. The molecule has 1 heterocycles. The molecule has 0 saturated heterocycles. The van der Waals surface area contributed by atoms with E-state index in [9.17, 15) is 22.8 Å². The number of rotatable bonds is 9. The van der Waals surface area contributed by atoms with E-state index in [0.29, 0.717) is 23.7 Å². The summed E-state index contributed by atoms with van der Waals surface area (Å²) in [6.45, 7) is 2.36. The van der Waals surface area contributed by atoms with E-state index in [4.69, 9.17) is 5.11 Å². The van der Waals surface area contributed by atoms with Gasteiger partial charge in [-0.15, -0.1) is 4.83 Å². The Hall–Kier alpha value is -3.57. The van der Waals surface area contributed by atoms with E-state index in [1.807, 2.05) is 11.8 Å². The van der Waals surface area contributed by atoms with Gasteiger partial charge in [0.15, 0.2) is 5.69 Å². The van der Waals surface area contributed by atoms with Crippen molar-refractivity contribution >= 4 is 32.7 Å². The second-order valence-electron chi connectivity index (χ2n) is 7.02. The number of benzene rings is 2. The molecule has 3 rings (SSSR count). The average Bonchev–Trinajstić information content (AvgIpc) is 2.79. The molecule has 0 aliphatic rings. The normalized spacial score (nSPS) is 11.4. The Labute approximate surface area is 183 Å². The van der Waals surface area contributed by atoms with Crippen LogP contribution in [0, 0.1) is 0 Å². The number of hydrogen-bond acceptors (Lipinski definition) is 6. The highest BCUT2D eigenvalue weighted by molar-refractivity contribution is 7.89. The molecule has 1 amide bonds. The number of fused-ring (bicyclic) bond motifs is 1. The van der Waals surface area contributed by atoms with E-state index in [0.717, 1.165) is 37.1 Å². The fourth-order valence-corrected chi connectivity index (χ4v) is 3.91. The number of sulfonamides is 1. The van der Waals surface area contributed by atoms with Gasteiger partial charge in [-0.05, 0) is 36.8 Å². The van der Waals surface area contributed by atoms with Gasteiger partial charge in [0, 0.05) is 11.9 Å². The number of aryl methyl sites for hydroxylation is 1. The van der Waals surface area contributed by atoms with Gasteiger partial charge in [-0.25, -0.2) is 17.9 Å². The number of aromatic nitrogens is 2. The Morgan fingerprint density at radius 3 is 2.31 bits per heavy atom. The third-order valence-corrected chi connectivity index (χ3v) is 6.03. The Kier molecular flexibility index (Phi) is 7.01. The number of hydrogen-bond donors (Lipinski definition) is 3. The van der Waals surface area contributed by atoms with E-state index >= 15 is 0 Å². The maximum absolute atomic E-state index is 12.8. The molecule has 0 atom stereocenters. The summed E-state index contributed by atoms with van der Waals surface area (Å²) in [6, 6.07) is 11.0. The molecule has 0 saturated carbocycles. The lowest BCUT2D eigenvalue weighted by molar-refractivity contribution is 0.0696. The Balaban J connectivity index is 1.86. The molecular formula is C21H22N4O6S. The number of nitrogens with zero attached hydrogens (tertiary/aromatic N) is 2. The highest BCUT2D eigenvalue weighted by atomic mass is 32.2. The van der Waals surface area contributed by atoms with Crippen molar-refractivity contribution in [3.05, 3.63) is 70.1 Å². The van der Waals surface area contributed by atoms with Crippen molar-refractivity contribution in [1.29, 1.82) is 0 Å². The first-order chi connectivity index (χ1) is 15.2. The lowest BCUT2D eigenvalue weighted by atomic mass is 10.1. The Morgan fingerprint density at radius 2 is 1.69 bits per heavy atom. The molecule has 32 heavy (non-hydrogen) atoms. The van der Waals surface area contributed by atoms with Crippen LogP contribution in [0.15, 0.2) is 58.2 Å². The van der Waals surface area contributed by atoms with E-state index < -0.39 is 21.9 Å². The van der Waals surface area contributed by atoms with Gasteiger partial charge in [0.25, 0.3) is 21.5 Å². The van der Waals surface area contributed by atoms with Crippen LogP contribution < -0.4 is 15.8 Å². The monoisotopic (exact) mass is 458 g/mol. The molecule has 0 bridgehead atoms. The van der Waals surface area contributed by atoms with Crippen molar-refractivity contribution < 1.29 is 23.1 Å². The van der Waals surface area contributed by atoms with Gasteiger partial charge < -0.3 is 5.11 Å². The third kappa shape index (κ3) is 5.01. The summed E-state index contributed by atoms with van der Waals surface area (Å²) >= 11 is 0. The lowest BCUT2D eigenvalue weighted by Gasteiger charge is -2.12. The van der Waals surface area contributed by atoms with Crippen LogP contribution in [0.5, 0.6) is 0 Å². The van der Waals surface area contributed by atoms with Gasteiger partial charge in [0.05, 0.1) is 15.8 Å². The SMILES string of the molecule is CCCCCn1nc(C(=O)NNS(=O)(=O)c2ccc(C(=O)O)cc2)c2ccccc2c1=O. The number of nitrogens with one attached hydrogen (secondary N) is 2. The topological polar surface area (TPSA) is 147 Å². The second kappa shape index (κ2) is 9.71. The van der Waals surface area contributed by atoms with Crippen LogP contribution >= 0.6 is 0 Å². The number of unbranched alkanes of at least 4 members (excludes halogenated alkanes) is 2. The van der Waals surface area contributed by atoms with Crippen molar-refractivity contribution in [2.24, 2.45) is 0 Å². The molecule has 3 aromatic rings. The van der Waals surface area contributed by atoms with E-state index in [2.05, 4.69) is 10.5 Å². The largest absolute Gasteiger partial charge is 0.478 e. The van der Waals surface area contributed by atoms with Crippen LogP contribution in [0.1, 0.15) is 47.0 Å². The molecule has 0 aliphatic carbocycles. The first-order valence-electron chi connectivity index (χ1n) is 9.90. The average molecular weight is 458 g/mol. The van der Waals surface area contributed by atoms with Crippen molar-refractivity contribution in [3.63, 3.8) is 0 Å². The summed E-state index contributed by atoms with van der Waals surface area (Å²) in [6.07, 6.45) is 2.55. The minimum Gasteiger partial charge on any atom is -0.478 e. The summed E-state index contributed by atoms with van der Waals surface area (Å²) in [5, 5.41) is 13.7. The first kappa shape index (κ1) is 23.1. The van der Waals surface area contributed by atoms with Crippen molar-refractivity contribution in [1.82, 2.24) is 20.0 Å². The van der Waals surface area contributed by atoms with Crippen LogP contribution in [0.25, 0.3) is 10.8 Å². The lowest BCUT2D eigenvalue weighted by Crippen LogP contribution is -2.42. The molecule has 0 spiro atoms. The summed E-state index contributed by atoms with van der Waals surface area (Å²) in [5.41, 5.74) is 1.61. The first-order valence-corrected chi connectivity index (χ1v) is 11.4. The molecule has 2 aromatic carbocycles. The minimum atomic E-state index is -4.17. The maximum atomic E-state index is 12.8. The molecule has 1 aromatic heterocycles. The summed E-state index contributed by atoms with van der Waals surface area (Å²) in [7, 11) is -4.17. The van der Waals surface area contributed by atoms with Crippen LogP contribution in [0.2, 0.25) is 0 Å². The van der Waals surface area contributed by atoms with Gasteiger partial charge in [0.1, 0.15) is 0 Å². The van der Waals surface area contributed by atoms with E-state index in [1.54, 1.807) is 24.3 Å². The van der Waals surface area contributed by atoms with E-state index in [-0.39, 0.29) is 21.7 Å². The molecule has 0 aliphatic heterocycles. The summed E-state index contributed by atoms with van der Waals surface area (Å²) in [4.78, 5) is 38.1. The number of carboxylic acids is 1. The Bertz CT molecular complexity index is 1320. The number of carbonyl (C=O) groups is 2. The third-order valence-electron chi connectivity index (χ3n) is 4.77. The quantitative estimate of drug-likeness (QED) is 0.328. The van der Waals surface area contributed by atoms with Crippen molar-refractivity contribution in [2.75, 3.05) is 0 Å². The van der Waals surface area contributed by atoms with Gasteiger partial charge in [-0.1, -0.05) is 38.0 Å². The molecule has 11 heteroatoms. The van der Waals surface area contributed by atoms with Gasteiger partial charge >= 0.3 is 5.97 Å². The molecule has 0 fully saturated rings. The zero-order valence-electron chi connectivity index (χ0n) is 17.2. The molecule has 3 N–H and O–H groups in total. The van der Waals surface area contributed by atoms with Crippen LogP contribution in [0.4, 0.5) is 0 Å². The van der Waals surface area contributed by atoms with Crippen LogP contribution in [0.3, 0.4) is 0 Å². The van der Waals surface area contributed by atoms with Gasteiger partial charge in [0.2, 0.25) is 0 Å². The molecular weight excluding hydrogens is 436 g/mol. The van der Waals surface area contributed by atoms with Crippen molar-refractivity contribution in [2.45, 2.75) is 37.6 Å². The molecule has 0 radical (unpaired) electrons. The van der Waals surface area contributed by atoms with E-state index in [1.165, 1.54) is 4.68 Å². The Morgan fingerprint density at radius 1 is 1.03 bits per heavy atom. The minimum absolute atomic E-state index is 0.0750. The summed E-state index contributed by atoms with van der Waals surface area (Å²) in [5.74, 6) is -2.03. The second-order valence-corrected chi connectivity index (χ2v) is 8.70. The molecule has 10 nitrogen and oxygen atoms in total.